The molecule has 0 aliphatic rings. The molecule has 11 heteroatoms. The maximum absolute atomic E-state index is 13.7. The van der Waals surface area contributed by atoms with Crippen LogP contribution in [0.5, 0.6) is 0 Å². The summed E-state index contributed by atoms with van der Waals surface area (Å²) in [6.07, 6.45) is 1.78. The molecule has 224 valence electrons. The van der Waals surface area contributed by atoms with Crippen LogP contribution in [0.1, 0.15) is 68.0 Å². The predicted molar refractivity (Wildman–Crippen MR) is 160 cm³/mol. The lowest BCUT2D eigenvalue weighted by atomic mass is 10.0. The molecule has 0 unspecified atom stereocenters. The number of nitriles is 1. The number of hydrogen-bond donors (Lipinski definition) is 2. The number of nitrogens with zero attached hydrogens (tertiary/aromatic N) is 4. The number of aromatic nitrogens is 2. The minimum Gasteiger partial charge on any atom is -0.363 e. The number of benzene rings is 2. The zero-order valence-electron chi connectivity index (χ0n) is 24.2. The molecule has 0 fully saturated rings. The molecule has 2 aromatic carbocycles. The smallest absolute Gasteiger partial charge is 0.363 e. The first-order valence-electron chi connectivity index (χ1n) is 13.9. The van der Waals surface area contributed by atoms with Gasteiger partial charge in [0.25, 0.3) is 0 Å². The van der Waals surface area contributed by atoms with Crippen molar-refractivity contribution in [3.8, 4) is 6.07 Å². The zero-order valence-corrected chi connectivity index (χ0v) is 25.0. The topological polar surface area (TPSA) is 86.0 Å². The normalized spacial score (nSPS) is 11.5. The number of unbranched alkanes of at least 4 members (excludes halogenated alkanes) is 2. The Labute approximate surface area is 250 Å². The highest BCUT2D eigenvalue weighted by molar-refractivity contribution is 7.80. The van der Waals surface area contributed by atoms with Gasteiger partial charge < -0.3 is 20.1 Å². The molecule has 42 heavy (non-hydrogen) atoms. The van der Waals surface area contributed by atoms with Gasteiger partial charge in [-0.3, -0.25) is 4.79 Å². The average molecular weight is 599 g/mol. The summed E-state index contributed by atoms with van der Waals surface area (Å²) in [6.45, 7) is 6.95. The molecule has 1 aromatic heterocycles. The van der Waals surface area contributed by atoms with E-state index in [1.807, 2.05) is 30.5 Å². The Morgan fingerprint density at radius 2 is 1.83 bits per heavy atom. The van der Waals surface area contributed by atoms with Crippen molar-refractivity contribution in [3.63, 3.8) is 0 Å². The molecule has 7 nitrogen and oxygen atoms in total. The highest BCUT2D eigenvalue weighted by atomic mass is 32.1. The van der Waals surface area contributed by atoms with E-state index in [1.165, 1.54) is 12.1 Å². The summed E-state index contributed by atoms with van der Waals surface area (Å²) in [5.74, 6) is -0.251. The van der Waals surface area contributed by atoms with Gasteiger partial charge in [0, 0.05) is 38.1 Å². The monoisotopic (exact) mass is 598 g/mol. The third-order valence-electron chi connectivity index (χ3n) is 6.67. The first kappa shape index (κ1) is 32.6. The van der Waals surface area contributed by atoms with Crippen LogP contribution in [0.25, 0.3) is 0 Å². The van der Waals surface area contributed by atoms with E-state index >= 15 is 0 Å². The summed E-state index contributed by atoms with van der Waals surface area (Å²) in [4.78, 5) is 19.0. The van der Waals surface area contributed by atoms with Crippen molar-refractivity contribution >= 4 is 23.2 Å². The van der Waals surface area contributed by atoms with Gasteiger partial charge in [0.15, 0.2) is 5.11 Å². The first-order chi connectivity index (χ1) is 19.9. The van der Waals surface area contributed by atoms with Gasteiger partial charge >= 0.3 is 6.18 Å². The van der Waals surface area contributed by atoms with E-state index in [9.17, 15) is 18.0 Å². The lowest BCUT2D eigenvalue weighted by molar-refractivity contribution is -0.138. The number of amides is 1. The van der Waals surface area contributed by atoms with E-state index in [-0.39, 0.29) is 31.0 Å². The number of carbonyl (C=O) groups excluding carboxylic acids is 1. The van der Waals surface area contributed by atoms with Crippen molar-refractivity contribution in [2.75, 3.05) is 13.1 Å². The molecular weight excluding hydrogens is 561 g/mol. The molecule has 0 radical (unpaired) electrons. The number of imidazole rings is 1. The van der Waals surface area contributed by atoms with Crippen LogP contribution in [0.2, 0.25) is 0 Å². The summed E-state index contributed by atoms with van der Waals surface area (Å²) in [7, 11) is 0. The van der Waals surface area contributed by atoms with Crippen LogP contribution in [0.15, 0.2) is 61.1 Å². The van der Waals surface area contributed by atoms with Crippen molar-refractivity contribution in [3.05, 3.63) is 89.0 Å². The van der Waals surface area contributed by atoms with Crippen LogP contribution in [-0.4, -0.2) is 44.1 Å². The van der Waals surface area contributed by atoms with E-state index in [0.29, 0.717) is 29.5 Å². The van der Waals surface area contributed by atoms with Crippen molar-refractivity contribution in [2.24, 2.45) is 0 Å². The molecule has 0 bridgehead atoms. The van der Waals surface area contributed by atoms with Gasteiger partial charge in [0.05, 0.1) is 35.5 Å². The Morgan fingerprint density at radius 1 is 1.12 bits per heavy atom. The molecule has 0 aliphatic heterocycles. The van der Waals surface area contributed by atoms with Crippen LogP contribution in [0.4, 0.5) is 13.2 Å². The standard InChI is InChI=1S/C31H37F3N6OS/c1-4-5-8-15-37-29(42)39(20-25-9-6-7-10-27(25)31(32,33)34)21-30(2,3)38-28(41)16-26-18-36-22-40(26)19-24-13-11-23(17-35)12-14-24/h6-7,9-14,18,22H,4-5,8,15-16,19-21H2,1-3H3,(H,37,42)(H,38,41). The van der Waals surface area contributed by atoms with Gasteiger partial charge in [0.1, 0.15) is 0 Å². The molecule has 1 amide bonds. The van der Waals surface area contributed by atoms with E-state index in [1.54, 1.807) is 35.6 Å². The Morgan fingerprint density at radius 3 is 2.50 bits per heavy atom. The van der Waals surface area contributed by atoms with Crippen LogP contribution in [0, 0.1) is 11.3 Å². The summed E-state index contributed by atoms with van der Waals surface area (Å²) in [5, 5.41) is 15.6. The molecule has 1 heterocycles. The van der Waals surface area contributed by atoms with Crippen molar-refractivity contribution < 1.29 is 18.0 Å². The maximum Gasteiger partial charge on any atom is 0.416 e. The van der Waals surface area contributed by atoms with E-state index in [4.69, 9.17) is 17.5 Å². The van der Waals surface area contributed by atoms with Crippen molar-refractivity contribution in [1.82, 2.24) is 25.1 Å². The number of carbonyl (C=O) groups is 1. The lowest BCUT2D eigenvalue weighted by Crippen LogP contribution is -2.54. The highest BCUT2D eigenvalue weighted by Gasteiger charge is 2.34. The third-order valence-corrected chi connectivity index (χ3v) is 7.07. The quantitative estimate of drug-likeness (QED) is 0.190. The number of nitrogens with one attached hydrogen (secondary N) is 2. The second-order valence-electron chi connectivity index (χ2n) is 10.9. The second kappa shape index (κ2) is 14.8. The average Bonchev–Trinajstić information content (AvgIpc) is 3.36. The van der Waals surface area contributed by atoms with Gasteiger partial charge in [-0.1, -0.05) is 50.1 Å². The van der Waals surface area contributed by atoms with Gasteiger partial charge in [0.2, 0.25) is 5.91 Å². The van der Waals surface area contributed by atoms with Crippen LogP contribution >= 0.6 is 12.2 Å². The third kappa shape index (κ3) is 9.87. The van der Waals surface area contributed by atoms with Crippen LogP contribution in [-0.2, 0) is 30.5 Å². The van der Waals surface area contributed by atoms with E-state index in [0.717, 1.165) is 30.9 Å². The number of thiocarbonyl (C=S) groups is 1. The molecular formula is C31H37F3N6OS. The Kier molecular flexibility index (Phi) is 11.5. The van der Waals surface area contributed by atoms with Crippen molar-refractivity contribution in [1.29, 1.82) is 5.26 Å². The molecule has 3 rings (SSSR count). The molecule has 2 N–H and O–H groups in total. The van der Waals surface area contributed by atoms with Gasteiger partial charge in [-0.25, -0.2) is 4.98 Å². The Balaban J connectivity index is 1.71. The number of rotatable bonds is 13. The molecule has 0 aliphatic carbocycles. The lowest BCUT2D eigenvalue weighted by Gasteiger charge is -2.35. The SMILES string of the molecule is CCCCCNC(=S)N(Cc1ccccc1C(F)(F)F)CC(C)(C)NC(=O)Cc1cncn1Cc1ccc(C#N)cc1. The fourth-order valence-corrected chi connectivity index (χ4v) is 4.88. The summed E-state index contributed by atoms with van der Waals surface area (Å²) < 4.78 is 43.1. The fraction of sp³-hybridized carbons (Fsp3) is 0.419. The minimum absolute atomic E-state index is 0.0635. The molecule has 0 spiro atoms. The molecule has 0 saturated carbocycles. The van der Waals surface area contributed by atoms with Gasteiger partial charge in [-0.15, -0.1) is 0 Å². The van der Waals surface area contributed by atoms with Crippen molar-refractivity contribution in [2.45, 2.75) is 71.3 Å². The Bertz CT molecular complexity index is 1380. The molecule has 0 saturated heterocycles. The van der Waals surface area contributed by atoms with Crippen LogP contribution in [0.3, 0.4) is 0 Å². The van der Waals surface area contributed by atoms with Gasteiger partial charge in [-0.05, 0) is 61.8 Å². The van der Waals surface area contributed by atoms with Crippen LogP contribution < -0.4 is 10.6 Å². The number of halogens is 3. The largest absolute Gasteiger partial charge is 0.416 e. The fourth-order valence-electron chi connectivity index (χ4n) is 4.64. The summed E-state index contributed by atoms with van der Waals surface area (Å²) in [6, 6.07) is 14.8. The van der Waals surface area contributed by atoms with E-state index in [2.05, 4.69) is 28.6 Å². The maximum atomic E-state index is 13.7. The molecule has 3 aromatic rings. The zero-order chi connectivity index (χ0) is 30.8. The Hall–Kier alpha value is -3.91. The first-order valence-corrected chi connectivity index (χ1v) is 14.3. The van der Waals surface area contributed by atoms with Gasteiger partial charge in [-0.2, -0.15) is 18.4 Å². The summed E-state index contributed by atoms with van der Waals surface area (Å²) >= 11 is 5.62. The summed E-state index contributed by atoms with van der Waals surface area (Å²) in [5.41, 5.74) is 0.813. The predicted octanol–water partition coefficient (Wildman–Crippen LogP) is 5.83. The minimum atomic E-state index is -4.50. The highest BCUT2D eigenvalue weighted by Crippen LogP contribution is 2.32. The second-order valence-corrected chi connectivity index (χ2v) is 11.3. The number of alkyl halides is 3. The van der Waals surface area contributed by atoms with E-state index < -0.39 is 17.3 Å². The number of hydrogen-bond acceptors (Lipinski definition) is 4. The molecule has 0 atom stereocenters.